The van der Waals surface area contributed by atoms with E-state index in [-0.39, 0.29) is 0 Å². The monoisotopic (exact) mass is 455 g/mol. The van der Waals surface area contributed by atoms with Crippen LogP contribution in [0.3, 0.4) is 0 Å². The number of piperazine rings is 1. The van der Waals surface area contributed by atoms with Crippen LogP contribution in [-0.4, -0.2) is 64.7 Å². The van der Waals surface area contributed by atoms with E-state index >= 15 is 0 Å². The number of rotatable bonds is 8. The molecule has 1 fully saturated rings. The molecule has 0 saturated carbocycles. The van der Waals surface area contributed by atoms with Gasteiger partial charge < -0.3 is 15.0 Å². The summed E-state index contributed by atoms with van der Waals surface area (Å²) in [6, 6.07) is 18.2. The Morgan fingerprint density at radius 3 is 2.41 bits per heavy atom. The number of hydrogen-bond acceptors (Lipinski definition) is 8. The molecule has 3 heterocycles. The minimum Gasteiger partial charge on any atom is -0.497 e. The Morgan fingerprint density at radius 2 is 1.65 bits per heavy atom. The van der Waals surface area contributed by atoms with Gasteiger partial charge >= 0.3 is 0 Å². The van der Waals surface area contributed by atoms with Gasteiger partial charge in [-0.25, -0.2) is 19.9 Å². The highest BCUT2D eigenvalue weighted by molar-refractivity contribution is 5.88. The molecule has 0 radical (unpaired) electrons. The van der Waals surface area contributed by atoms with E-state index < -0.39 is 0 Å². The Morgan fingerprint density at radius 1 is 0.882 bits per heavy atom. The summed E-state index contributed by atoms with van der Waals surface area (Å²) in [7, 11) is 1.69. The van der Waals surface area contributed by atoms with Crippen LogP contribution in [0.4, 0.5) is 11.8 Å². The molecule has 8 nitrogen and oxygen atoms in total. The topological polar surface area (TPSA) is 79.3 Å². The lowest BCUT2D eigenvalue weighted by molar-refractivity contribution is 0.243. The van der Waals surface area contributed by atoms with Crippen LogP contribution in [0.25, 0.3) is 10.9 Å². The molecule has 4 aromatic rings. The van der Waals surface area contributed by atoms with E-state index in [4.69, 9.17) is 14.7 Å². The maximum atomic E-state index is 5.25. The van der Waals surface area contributed by atoms with Crippen molar-refractivity contribution >= 4 is 22.7 Å². The van der Waals surface area contributed by atoms with Crippen molar-refractivity contribution in [2.75, 3.05) is 50.1 Å². The summed E-state index contributed by atoms with van der Waals surface area (Å²) < 4.78 is 5.25. The molecule has 1 aliphatic rings. The van der Waals surface area contributed by atoms with Crippen molar-refractivity contribution in [2.45, 2.75) is 13.0 Å². The van der Waals surface area contributed by atoms with Gasteiger partial charge in [-0.15, -0.1) is 0 Å². The molecule has 5 rings (SSSR count). The molecule has 34 heavy (non-hydrogen) atoms. The van der Waals surface area contributed by atoms with Gasteiger partial charge in [-0.3, -0.25) is 4.90 Å². The standard InChI is InChI=1S/C26H29N7O/c1-34-21-9-7-20(8-10-21)11-14-27-25-22-5-2-3-6-23(22)30-24(31-25)19-32-15-17-33(18-16-32)26-28-12-4-13-29-26/h2-10,12-13H,11,14-19H2,1H3,(H,27,30,31). The van der Waals surface area contributed by atoms with Crippen LogP contribution < -0.4 is 15.0 Å². The van der Waals surface area contributed by atoms with Gasteiger partial charge in [0.2, 0.25) is 5.95 Å². The van der Waals surface area contributed by atoms with Crippen LogP contribution in [0, 0.1) is 0 Å². The fourth-order valence-electron chi connectivity index (χ4n) is 4.21. The van der Waals surface area contributed by atoms with Crippen LogP contribution in [0.2, 0.25) is 0 Å². The molecule has 0 atom stereocenters. The average Bonchev–Trinajstić information content (AvgIpc) is 2.90. The summed E-state index contributed by atoms with van der Waals surface area (Å²) in [4.78, 5) is 23.1. The van der Waals surface area contributed by atoms with Crippen molar-refractivity contribution < 1.29 is 4.74 Å². The summed E-state index contributed by atoms with van der Waals surface area (Å²) in [5, 5.41) is 4.59. The Labute approximate surface area is 199 Å². The number of para-hydroxylation sites is 1. The number of hydrogen-bond donors (Lipinski definition) is 1. The SMILES string of the molecule is COc1ccc(CCNc2nc(CN3CCN(c4ncccn4)CC3)nc3ccccc23)cc1. The predicted octanol–water partition coefficient (Wildman–Crippen LogP) is 3.41. The van der Waals surface area contributed by atoms with Crippen molar-refractivity contribution in [1.29, 1.82) is 0 Å². The molecule has 1 saturated heterocycles. The zero-order chi connectivity index (χ0) is 23.2. The molecule has 8 heteroatoms. The van der Waals surface area contributed by atoms with E-state index in [9.17, 15) is 0 Å². The third-order valence-corrected chi connectivity index (χ3v) is 6.09. The zero-order valence-corrected chi connectivity index (χ0v) is 19.4. The summed E-state index contributed by atoms with van der Waals surface area (Å²) in [5.41, 5.74) is 2.22. The van der Waals surface area contributed by atoms with E-state index in [1.165, 1.54) is 5.56 Å². The lowest BCUT2D eigenvalue weighted by Crippen LogP contribution is -2.46. The fourth-order valence-corrected chi connectivity index (χ4v) is 4.21. The number of nitrogens with one attached hydrogen (secondary N) is 1. The van der Waals surface area contributed by atoms with E-state index in [1.54, 1.807) is 19.5 Å². The van der Waals surface area contributed by atoms with E-state index in [1.807, 2.05) is 30.3 Å². The number of aromatic nitrogens is 4. The Bertz CT molecular complexity index is 1210. The predicted molar refractivity (Wildman–Crippen MR) is 134 cm³/mol. The summed E-state index contributed by atoms with van der Waals surface area (Å²) in [6.07, 6.45) is 4.49. The molecule has 0 bridgehead atoms. The van der Waals surface area contributed by atoms with Gasteiger partial charge in [-0.05, 0) is 42.3 Å². The number of nitrogens with zero attached hydrogens (tertiary/aromatic N) is 6. The van der Waals surface area contributed by atoms with E-state index in [0.717, 1.165) is 79.9 Å². The Kier molecular flexibility index (Phi) is 6.76. The lowest BCUT2D eigenvalue weighted by atomic mass is 10.1. The smallest absolute Gasteiger partial charge is 0.225 e. The Balaban J connectivity index is 1.24. The number of fused-ring (bicyclic) bond motifs is 1. The highest BCUT2D eigenvalue weighted by Crippen LogP contribution is 2.21. The van der Waals surface area contributed by atoms with E-state index in [0.29, 0.717) is 0 Å². The molecular weight excluding hydrogens is 426 g/mol. The first-order valence-corrected chi connectivity index (χ1v) is 11.7. The fraction of sp³-hybridized carbons (Fsp3) is 0.308. The molecule has 1 aliphatic heterocycles. The van der Waals surface area contributed by atoms with Crippen LogP contribution in [0.1, 0.15) is 11.4 Å². The number of benzene rings is 2. The molecule has 0 aliphatic carbocycles. The van der Waals surface area contributed by atoms with Crippen LogP contribution in [-0.2, 0) is 13.0 Å². The molecule has 2 aromatic carbocycles. The van der Waals surface area contributed by atoms with Crippen molar-refractivity contribution in [3.63, 3.8) is 0 Å². The van der Waals surface area contributed by atoms with Gasteiger partial charge in [0.15, 0.2) is 0 Å². The minimum absolute atomic E-state index is 0.724. The molecule has 174 valence electrons. The first-order valence-electron chi connectivity index (χ1n) is 11.7. The van der Waals surface area contributed by atoms with Crippen LogP contribution in [0.15, 0.2) is 67.0 Å². The molecule has 2 aromatic heterocycles. The minimum atomic E-state index is 0.724. The van der Waals surface area contributed by atoms with Gasteiger partial charge in [-0.1, -0.05) is 24.3 Å². The summed E-state index contributed by atoms with van der Waals surface area (Å²) in [5.74, 6) is 3.41. The quantitative estimate of drug-likeness (QED) is 0.433. The molecule has 0 unspecified atom stereocenters. The highest BCUT2D eigenvalue weighted by Gasteiger charge is 2.20. The van der Waals surface area contributed by atoms with Gasteiger partial charge in [0.05, 0.1) is 19.2 Å². The summed E-state index contributed by atoms with van der Waals surface area (Å²) >= 11 is 0. The van der Waals surface area contributed by atoms with Crippen LogP contribution in [0.5, 0.6) is 5.75 Å². The molecule has 0 amide bonds. The first kappa shape index (κ1) is 22.0. The van der Waals surface area contributed by atoms with Gasteiger partial charge in [0.1, 0.15) is 17.4 Å². The zero-order valence-electron chi connectivity index (χ0n) is 19.4. The first-order chi connectivity index (χ1) is 16.8. The van der Waals surface area contributed by atoms with Crippen molar-refractivity contribution in [2.24, 2.45) is 0 Å². The Hall–Kier alpha value is -3.78. The lowest BCUT2D eigenvalue weighted by Gasteiger charge is -2.34. The van der Waals surface area contributed by atoms with Crippen molar-refractivity contribution in [3.05, 3.63) is 78.4 Å². The second-order valence-corrected chi connectivity index (χ2v) is 8.34. The van der Waals surface area contributed by atoms with Crippen LogP contribution >= 0.6 is 0 Å². The normalized spacial score (nSPS) is 14.3. The van der Waals surface area contributed by atoms with Gasteiger partial charge in [-0.2, -0.15) is 0 Å². The maximum absolute atomic E-state index is 5.25. The highest BCUT2D eigenvalue weighted by atomic mass is 16.5. The van der Waals surface area contributed by atoms with Gasteiger partial charge in [0, 0.05) is 50.5 Å². The maximum Gasteiger partial charge on any atom is 0.225 e. The number of anilines is 2. The molecular formula is C26H29N7O. The second kappa shape index (κ2) is 10.4. The number of methoxy groups -OCH3 is 1. The third kappa shape index (κ3) is 5.23. The van der Waals surface area contributed by atoms with Crippen molar-refractivity contribution in [3.8, 4) is 5.75 Å². The number of ether oxygens (including phenoxy) is 1. The largest absolute Gasteiger partial charge is 0.497 e. The third-order valence-electron chi connectivity index (χ3n) is 6.09. The van der Waals surface area contributed by atoms with Crippen molar-refractivity contribution in [1.82, 2.24) is 24.8 Å². The molecule has 0 spiro atoms. The summed E-state index contributed by atoms with van der Waals surface area (Å²) in [6.45, 7) is 5.16. The van der Waals surface area contributed by atoms with E-state index in [2.05, 4.69) is 49.4 Å². The average molecular weight is 456 g/mol. The molecule has 1 N–H and O–H groups in total. The van der Waals surface area contributed by atoms with Gasteiger partial charge in [0.25, 0.3) is 0 Å². The second-order valence-electron chi connectivity index (χ2n) is 8.34.